The number of rotatable bonds is 9. The molecule has 0 aliphatic heterocycles. The second-order valence-corrected chi connectivity index (χ2v) is 9.76. The molecule has 0 spiro atoms. The van der Waals surface area contributed by atoms with Gasteiger partial charge < -0.3 is 19.7 Å². The third-order valence-corrected chi connectivity index (χ3v) is 5.75. The monoisotopic (exact) mass is 492 g/mol. The van der Waals surface area contributed by atoms with Gasteiger partial charge in [0.2, 0.25) is 5.91 Å². The number of carbonyl (C=O) groups is 2. The minimum Gasteiger partial charge on any atom is -0.497 e. The average Bonchev–Trinajstić information content (AvgIpc) is 3.27. The van der Waals surface area contributed by atoms with Crippen LogP contribution in [-0.2, 0) is 10.2 Å². The van der Waals surface area contributed by atoms with Crippen LogP contribution in [0.1, 0.15) is 55.7 Å². The SMILES string of the molecule is CCCN(CC(=O)Nc1cc(C(C)(C)C)nn1-c1cccc(C)c1)C(=O)c1ccc(OC)cc1OC. The lowest BCUT2D eigenvalue weighted by atomic mass is 9.92. The minimum atomic E-state index is -0.307. The lowest BCUT2D eigenvalue weighted by Crippen LogP contribution is -2.39. The molecule has 0 atom stereocenters. The number of aromatic nitrogens is 2. The fourth-order valence-corrected chi connectivity index (χ4v) is 3.82. The molecule has 1 N–H and O–H groups in total. The molecule has 0 fully saturated rings. The van der Waals surface area contributed by atoms with Crippen LogP contribution in [0.4, 0.5) is 5.82 Å². The summed E-state index contributed by atoms with van der Waals surface area (Å²) in [6, 6.07) is 14.8. The molecular weight excluding hydrogens is 456 g/mol. The highest BCUT2D eigenvalue weighted by molar-refractivity contribution is 6.01. The second-order valence-electron chi connectivity index (χ2n) is 9.76. The smallest absolute Gasteiger partial charge is 0.258 e. The van der Waals surface area contributed by atoms with Crippen molar-refractivity contribution in [2.45, 2.75) is 46.5 Å². The van der Waals surface area contributed by atoms with E-state index in [-0.39, 0.29) is 23.8 Å². The fraction of sp³-hybridized carbons (Fsp3) is 0.393. The number of nitrogens with one attached hydrogen (secondary N) is 1. The molecule has 1 heterocycles. The Hall–Kier alpha value is -3.81. The van der Waals surface area contributed by atoms with Crippen molar-refractivity contribution in [1.29, 1.82) is 0 Å². The predicted octanol–water partition coefficient (Wildman–Crippen LogP) is 4.99. The predicted molar refractivity (Wildman–Crippen MR) is 141 cm³/mol. The highest BCUT2D eigenvalue weighted by Gasteiger charge is 2.25. The fourth-order valence-electron chi connectivity index (χ4n) is 3.82. The number of anilines is 1. The molecule has 0 aliphatic carbocycles. The van der Waals surface area contributed by atoms with Crippen molar-refractivity contribution in [3.63, 3.8) is 0 Å². The summed E-state index contributed by atoms with van der Waals surface area (Å²) in [6.45, 7) is 10.5. The van der Waals surface area contributed by atoms with Gasteiger partial charge >= 0.3 is 0 Å². The first-order valence-corrected chi connectivity index (χ1v) is 12.1. The molecule has 0 radical (unpaired) electrons. The molecule has 2 amide bonds. The average molecular weight is 493 g/mol. The van der Waals surface area contributed by atoms with E-state index in [2.05, 4.69) is 26.1 Å². The number of hydrogen-bond donors (Lipinski definition) is 1. The molecule has 8 nitrogen and oxygen atoms in total. The van der Waals surface area contributed by atoms with Gasteiger partial charge in [-0.2, -0.15) is 5.10 Å². The number of ether oxygens (including phenoxy) is 2. The van der Waals surface area contributed by atoms with Gasteiger partial charge in [0, 0.05) is 24.1 Å². The third kappa shape index (κ3) is 6.24. The van der Waals surface area contributed by atoms with Gasteiger partial charge in [0.1, 0.15) is 23.9 Å². The van der Waals surface area contributed by atoms with Gasteiger partial charge in [-0.3, -0.25) is 9.59 Å². The van der Waals surface area contributed by atoms with Gasteiger partial charge in [-0.15, -0.1) is 0 Å². The van der Waals surface area contributed by atoms with Crippen molar-refractivity contribution in [3.8, 4) is 17.2 Å². The molecule has 8 heteroatoms. The highest BCUT2D eigenvalue weighted by Crippen LogP contribution is 2.28. The van der Waals surface area contributed by atoms with E-state index in [1.165, 1.54) is 12.0 Å². The van der Waals surface area contributed by atoms with Crippen LogP contribution in [-0.4, -0.2) is 53.8 Å². The molecule has 192 valence electrons. The summed E-state index contributed by atoms with van der Waals surface area (Å²) in [4.78, 5) is 28.1. The van der Waals surface area contributed by atoms with Gasteiger partial charge in [-0.25, -0.2) is 4.68 Å². The normalized spacial score (nSPS) is 11.2. The number of hydrogen-bond acceptors (Lipinski definition) is 5. The van der Waals surface area contributed by atoms with Gasteiger partial charge in [0.15, 0.2) is 0 Å². The summed E-state index contributed by atoms with van der Waals surface area (Å²) < 4.78 is 12.4. The number of aryl methyl sites for hydroxylation is 1. The third-order valence-electron chi connectivity index (χ3n) is 5.75. The lowest BCUT2D eigenvalue weighted by Gasteiger charge is -2.23. The Morgan fingerprint density at radius 3 is 2.42 bits per heavy atom. The number of amides is 2. The molecule has 36 heavy (non-hydrogen) atoms. The Morgan fingerprint density at radius 2 is 1.81 bits per heavy atom. The molecule has 3 rings (SSSR count). The van der Waals surface area contributed by atoms with E-state index in [1.54, 1.807) is 30.0 Å². The number of carbonyl (C=O) groups excluding carboxylic acids is 2. The largest absolute Gasteiger partial charge is 0.497 e. The molecular formula is C28H36N4O4. The second kappa shape index (κ2) is 11.3. The molecule has 0 bridgehead atoms. The summed E-state index contributed by atoms with van der Waals surface area (Å²) >= 11 is 0. The Bertz CT molecular complexity index is 1230. The summed E-state index contributed by atoms with van der Waals surface area (Å²) in [5.74, 6) is 0.949. The van der Waals surface area contributed by atoms with Crippen LogP contribution in [0.3, 0.4) is 0 Å². The van der Waals surface area contributed by atoms with Crippen LogP contribution < -0.4 is 14.8 Å². The summed E-state index contributed by atoms with van der Waals surface area (Å²) in [7, 11) is 3.05. The van der Waals surface area contributed by atoms with Crippen LogP contribution in [0.15, 0.2) is 48.5 Å². The van der Waals surface area contributed by atoms with Gasteiger partial charge in [0.25, 0.3) is 5.91 Å². The van der Waals surface area contributed by atoms with Crippen molar-refractivity contribution in [2.24, 2.45) is 0 Å². The zero-order chi connectivity index (χ0) is 26.5. The van der Waals surface area contributed by atoms with Crippen molar-refractivity contribution < 1.29 is 19.1 Å². The van der Waals surface area contributed by atoms with Crippen molar-refractivity contribution in [2.75, 3.05) is 32.6 Å². The van der Waals surface area contributed by atoms with Crippen LogP contribution in [0, 0.1) is 6.92 Å². The zero-order valence-electron chi connectivity index (χ0n) is 22.2. The van der Waals surface area contributed by atoms with Gasteiger partial charge in [-0.1, -0.05) is 39.8 Å². The van der Waals surface area contributed by atoms with E-state index < -0.39 is 0 Å². The number of nitrogens with zero attached hydrogens (tertiary/aromatic N) is 3. The van der Waals surface area contributed by atoms with E-state index in [0.29, 0.717) is 35.8 Å². The van der Waals surface area contributed by atoms with E-state index in [1.807, 2.05) is 44.2 Å². The molecule has 0 aliphatic rings. The summed E-state index contributed by atoms with van der Waals surface area (Å²) in [6.07, 6.45) is 0.701. The van der Waals surface area contributed by atoms with E-state index in [9.17, 15) is 9.59 Å². The quantitative estimate of drug-likeness (QED) is 0.455. The molecule has 0 saturated carbocycles. The maximum absolute atomic E-state index is 13.4. The summed E-state index contributed by atoms with van der Waals surface area (Å²) in [5, 5.41) is 7.76. The van der Waals surface area contributed by atoms with Crippen molar-refractivity contribution in [3.05, 3.63) is 65.4 Å². The Labute approximate surface area is 213 Å². The van der Waals surface area contributed by atoms with Crippen molar-refractivity contribution in [1.82, 2.24) is 14.7 Å². The molecule has 2 aromatic carbocycles. The first-order chi connectivity index (χ1) is 17.1. The van der Waals surface area contributed by atoms with E-state index >= 15 is 0 Å². The summed E-state index contributed by atoms with van der Waals surface area (Å²) in [5.41, 5.74) is 2.96. The first kappa shape index (κ1) is 26.8. The highest BCUT2D eigenvalue weighted by atomic mass is 16.5. The molecule has 3 aromatic rings. The minimum absolute atomic E-state index is 0.105. The molecule has 0 saturated heterocycles. The lowest BCUT2D eigenvalue weighted by molar-refractivity contribution is -0.116. The number of benzene rings is 2. The maximum atomic E-state index is 13.4. The van der Waals surface area contributed by atoms with Crippen LogP contribution in [0.5, 0.6) is 11.5 Å². The van der Waals surface area contributed by atoms with E-state index in [4.69, 9.17) is 14.6 Å². The maximum Gasteiger partial charge on any atom is 0.258 e. The Balaban J connectivity index is 1.88. The van der Waals surface area contributed by atoms with Gasteiger partial charge in [-0.05, 0) is 43.2 Å². The van der Waals surface area contributed by atoms with Crippen molar-refractivity contribution >= 4 is 17.6 Å². The van der Waals surface area contributed by atoms with Crippen LogP contribution in [0.25, 0.3) is 5.69 Å². The van der Waals surface area contributed by atoms with Crippen LogP contribution in [0.2, 0.25) is 0 Å². The van der Waals surface area contributed by atoms with Gasteiger partial charge in [0.05, 0.1) is 31.2 Å². The van der Waals surface area contributed by atoms with Crippen LogP contribution >= 0.6 is 0 Å². The number of methoxy groups -OCH3 is 2. The topological polar surface area (TPSA) is 85.7 Å². The van der Waals surface area contributed by atoms with E-state index in [0.717, 1.165) is 16.9 Å². The zero-order valence-corrected chi connectivity index (χ0v) is 22.2. The Kier molecular flexibility index (Phi) is 8.40. The first-order valence-electron chi connectivity index (χ1n) is 12.1. The molecule has 1 aromatic heterocycles. The molecule has 0 unspecified atom stereocenters. The Morgan fingerprint density at radius 1 is 1.06 bits per heavy atom. The standard InChI is InChI=1S/C28H36N4O4/c1-8-14-31(27(34)22-13-12-21(35-6)16-23(22)36-7)18-26(33)29-25-17-24(28(3,4)5)30-32(25)20-11-9-10-19(2)15-20/h9-13,15-17H,8,14,18H2,1-7H3,(H,29,33).